The van der Waals surface area contributed by atoms with E-state index in [-0.39, 0.29) is 0 Å². The molecular formula is C10H8Cl2N2O. The van der Waals surface area contributed by atoms with Crippen LogP contribution in [0.25, 0.3) is 0 Å². The summed E-state index contributed by atoms with van der Waals surface area (Å²) < 4.78 is 7.26. The molecule has 0 aliphatic heterocycles. The van der Waals surface area contributed by atoms with Gasteiger partial charge in [0.1, 0.15) is 10.8 Å². The Labute approximate surface area is 97.2 Å². The van der Waals surface area contributed by atoms with E-state index in [0.717, 1.165) is 0 Å². The molecule has 1 aromatic carbocycles. The van der Waals surface area contributed by atoms with E-state index in [1.807, 2.05) is 0 Å². The van der Waals surface area contributed by atoms with E-state index in [1.54, 1.807) is 41.5 Å². The van der Waals surface area contributed by atoms with Gasteiger partial charge in [-0.1, -0.05) is 29.3 Å². The molecule has 0 unspecified atom stereocenters. The van der Waals surface area contributed by atoms with E-state index in [0.29, 0.717) is 22.5 Å². The van der Waals surface area contributed by atoms with Gasteiger partial charge in [-0.25, -0.2) is 4.98 Å². The van der Waals surface area contributed by atoms with Crippen LogP contribution in [0.5, 0.6) is 5.75 Å². The predicted octanol–water partition coefficient (Wildman–Crippen LogP) is 3.23. The van der Waals surface area contributed by atoms with E-state index in [4.69, 9.17) is 27.9 Å². The monoisotopic (exact) mass is 242 g/mol. The third-order valence-electron chi connectivity index (χ3n) is 1.84. The highest BCUT2D eigenvalue weighted by molar-refractivity contribution is 6.42. The topological polar surface area (TPSA) is 27.1 Å². The third kappa shape index (κ3) is 2.43. The van der Waals surface area contributed by atoms with Gasteiger partial charge in [-0.05, 0) is 12.1 Å². The predicted molar refractivity (Wildman–Crippen MR) is 59.3 cm³/mol. The number of hydrogen-bond acceptors (Lipinski definition) is 2. The zero-order valence-corrected chi connectivity index (χ0v) is 9.24. The normalized spacial score (nSPS) is 10.3. The molecule has 0 aliphatic carbocycles. The van der Waals surface area contributed by atoms with Crippen LogP contribution in [0.2, 0.25) is 10.0 Å². The van der Waals surface area contributed by atoms with Gasteiger partial charge in [0.15, 0.2) is 6.73 Å². The number of nitrogens with zero attached hydrogens (tertiary/aromatic N) is 2. The standard InChI is InChI=1S/C10H8Cl2N2O/c11-8-2-1-3-9(10(8)12)15-7-14-5-4-13-6-14/h1-6H,7H2. The molecule has 0 radical (unpaired) electrons. The molecule has 15 heavy (non-hydrogen) atoms. The summed E-state index contributed by atoms with van der Waals surface area (Å²) in [5, 5.41) is 0.916. The zero-order chi connectivity index (χ0) is 10.7. The fraction of sp³-hybridized carbons (Fsp3) is 0.100. The van der Waals surface area contributed by atoms with Crippen LogP contribution in [-0.2, 0) is 6.73 Å². The highest BCUT2D eigenvalue weighted by Crippen LogP contribution is 2.31. The summed E-state index contributed by atoms with van der Waals surface area (Å²) in [5.74, 6) is 0.567. The molecule has 0 spiro atoms. The van der Waals surface area contributed by atoms with Crippen molar-refractivity contribution in [3.63, 3.8) is 0 Å². The Morgan fingerprint density at radius 2 is 2.20 bits per heavy atom. The molecule has 3 nitrogen and oxygen atoms in total. The SMILES string of the molecule is Clc1cccc(OCn2ccnc2)c1Cl. The van der Waals surface area contributed by atoms with Crippen LogP contribution in [0.15, 0.2) is 36.9 Å². The largest absolute Gasteiger partial charge is 0.471 e. The number of rotatable bonds is 3. The van der Waals surface area contributed by atoms with Gasteiger partial charge in [0.05, 0.1) is 11.3 Å². The van der Waals surface area contributed by atoms with Crippen LogP contribution >= 0.6 is 23.2 Å². The maximum absolute atomic E-state index is 5.95. The Bertz CT molecular complexity index is 443. The van der Waals surface area contributed by atoms with E-state index in [1.165, 1.54) is 0 Å². The summed E-state index contributed by atoms with van der Waals surface area (Å²) in [4.78, 5) is 3.90. The van der Waals surface area contributed by atoms with Crippen LogP contribution in [0.3, 0.4) is 0 Å². The molecule has 0 saturated heterocycles. The minimum absolute atomic E-state index is 0.361. The molecule has 0 aliphatic rings. The zero-order valence-electron chi connectivity index (χ0n) is 7.73. The first kappa shape index (κ1) is 10.3. The number of aromatic nitrogens is 2. The second kappa shape index (κ2) is 4.55. The first-order valence-corrected chi connectivity index (χ1v) is 5.05. The second-order valence-electron chi connectivity index (χ2n) is 2.90. The molecule has 5 heteroatoms. The van der Waals surface area contributed by atoms with Crippen molar-refractivity contribution < 1.29 is 4.74 Å². The van der Waals surface area contributed by atoms with Crippen LogP contribution < -0.4 is 4.74 Å². The fourth-order valence-corrected chi connectivity index (χ4v) is 1.45. The first-order chi connectivity index (χ1) is 7.27. The lowest BCUT2D eigenvalue weighted by Gasteiger charge is -2.08. The Hall–Kier alpha value is -1.19. The van der Waals surface area contributed by atoms with Crippen molar-refractivity contribution >= 4 is 23.2 Å². The van der Waals surface area contributed by atoms with Crippen molar-refractivity contribution in [2.45, 2.75) is 6.73 Å². The van der Waals surface area contributed by atoms with Crippen molar-refractivity contribution in [3.05, 3.63) is 47.0 Å². The number of halogens is 2. The molecule has 78 valence electrons. The first-order valence-electron chi connectivity index (χ1n) is 4.30. The lowest BCUT2D eigenvalue weighted by molar-refractivity contribution is 0.236. The van der Waals surface area contributed by atoms with Gasteiger partial charge in [-0.2, -0.15) is 0 Å². The Kier molecular flexibility index (Phi) is 3.14. The molecule has 0 fully saturated rings. The minimum atomic E-state index is 0.361. The maximum atomic E-state index is 5.95. The van der Waals surface area contributed by atoms with Crippen molar-refractivity contribution in [2.24, 2.45) is 0 Å². The van der Waals surface area contributed by atoms with Gasteiger partial charge < -0.3 is 9.30 Å². The van der Waals surface area contributed by atoms with Gasteiger partial charge in [-0.15, -0.1) is 0 Å². The maximum Gasteiger partial charge on any atom is 0.166 e. The summed E-state index contributed by atoms with van der Waals surface area (Å²) in [6.45, 7) is 0.361. The number of hydrogen-bond donors (Lipinski definition) is 0. The van der Waals surface area contributed by atoms with E-state index < -0.39 is 0 Å². The molecular weight excluding hydrogens is 235 g/mol. The van der Waals surface area contributed by atoms with Crippen molar-refractivity contribution in [2.75, 3.05) is 0 Å². The Morgan fingerprint density at radius 3 is 2.93 bits per heavy atom. The minimum Gasteiger partial charge on any atom is -0.471 e. The van der Waals surface area contributed by atoms with Gasteiger partial charge in [0, 0.05) is 12.4 Å². The van der Waals surface area contributed by atoms with E-state index >= 15 is 0 Å². The van der Waals surface area contributed by atoms with Gasteiger partial charge >= 0.3 is 0 Å². The highest BCUT2D eigenvalue weighted by Gasteiger charge is 2.04. The quantitative estimate of drug-likeness (QED) is 0.827. The third-order valence-corrected chi connectivity index (χ3v) is 2.65. The van der Waals surface area contributed by atoms with Crippen molar-refractivity contribution in [1.82, 2.24) is 9.55 Å². The smallest absolute Gasteiger partial charge is 0.166 e. The summed E-state index contributed by atoms with van der Waals surface area (Å²) in [7, 11) is 0. The van der Waals surface area contributed by atoms with Crippen LogP contribution in [0.4, 0.5) is 0 Å². The van der Waals surface area contributed by atoms with Crippen LogP contribution in [0, 0.1) is 0 Å². The van der Waals surface area contributed by atoms with Gasteiger partial charge in [-0.3, -0.25) is 0 Å². The van der Waals surface area contributed by atoms with Gasteiger partial charge in [0.25, 0.3) is 0 Å². The molecule has 0 N–H and O–H groups in total. The molecule has 0 bridgehead atoms. The number of benzene rings is 1. The molecule has 1 aromatic heterocycles. The summed E-state index contributed by atoms with van der Waals surface area (Å²) in [6.07, 6.45) is 5.15. The summed E-state index contributed by atoms with van der Waals surface area (Å²) in [5.41, 5.74) is 0. The average Bonchev–Trinajstić information content (AvgIpc) is 2.73. The number of imidazole rings is 1. The second-order valence-corrected chi connectivity index (χ2v) is 3.69. The lowest BCUT2D eigenvalue weighted by atomic mass is 10.3. The van der Waals surface area contributed by atoms with Crippen LogP contribution in [-0.4, -0.2) is 9.55 Å². The molecule has 2 rings (SSSR count). The molecule has 2 aromatic rings. The summed E-state index contributed by atoms with van der Waals surface area (Å²) >= 11 is 11.8. The Morgan fingerprint density at radius 1 is 1.33 bits per heavy atom. The Balaban J connectivity index is 2.08. The molecule has 0 atom stereocenters. The lowest BCUT2D eigenvalue weighted by Crippen LogP contribution is -2.02. The van der Waals surface area contributed by atoms with Crippen molar-refractivity contribution in [1.29, 1.82) is 0 Å². The fourth-order valence-electron chi connectivity index (χ4n) is 1.10. The summed E-state index contributed by atoms with van der Waals surface area (Å²) in [6, 6.07) is 5.27. The highest BCUT2D eigenvalue weighted by atomic mass is 35.5. The van der Waals surface area contributed by atoms with E-state index in [2.05, 4.69) is 4.98 Å². The average molecular weight is 243 g/mol. The van der Waals surface area contributed by atoms with Crippen LogP contribution in [0.1, 0.15) is 0 Å². The van der Waals surface area contributed by atoms with E-state index in [9.17, 15) is 0 Å². The van der Waals surface area contributed by atoms with Crippen molar-refractivity contribution in [3.8, 4) is 5.75 Å². The molecule has 1 heterocycles. The van der Waals surface area contributed by atoms with Gasteiger partial charge in [0.2, 0.25) is 0 Å². The molecule has 0 amide bonds. The number of ether oxygens (including phenoxy) is 1. The molecule has 0 saturated carbocycles.